The molecule has 3 heterocycles. The third kappa shape index (κ3) is 2.97. The van der Waals surface area contributed by atoms with Crippen LogP contribution in [0, 0.1) is 6.92 Å². The van der Waals surface area contributed by atoms with Gasteiger partial charge in [0.2, 0.25) is 0 Å². The molecule has 6 heteroatoms. The van der Waals surface area contributed by atoms with Gasteiger partial charge in [0.25, 0.3) is 0 Å². The fourth-order valence-electron chi connectivity index (χ4n) is 3.23. The minimum Gasteiger partial charge on any atom is -0.459 e. The standard InChI is InChI=1S/C20H18ClN3OS/c1-12-6-7-13(11-14(12)21)16-8-9-17(25-16)19-18(23-20(26)24(19)2)15-5-3-4-10-22-15/h3-11,18-19H,1-2H3,(H,23,26)/t18-,19-/m0/s1. The summed E-state index contributed by atoms with van der Waals surface area (Å²) >= 11 is 11.7. The van der Waals surface area contributed by atoms with E-state index in [4.69, 9.17) is 28.2 Å². The summed E-state index contributed by atoms with van der Waals surface area (Å²) in [4.78, 5) is 6.50. The van der Waals surface area contributed by atoms with Crippen LogP contribution in [0.15, 0.2) is 59.1 Å². The van der Waals surface area contributed by atoms with E-state index in [0.29, 0.717) is 5.11 Å². The highest BCUT2D eigenvalue weighted by Gasteiger charge is 2.39. The summed E-state index contributed by atoms with van der Waals surface area (Å²) in [6.07, 6.45) is 1.79. The van der Waals surface area contributed by atoms with Crippen LogP contribution in [0.1, 0.15) is 29.1 Å². The monoisotopic (exact) mass is 383 g/mol. The van der Waals surface area contributed by atoms with E-state index in [9.17, 15) is 0 Å². The summed E-state index contributed by atoms with van der Waals surface area (Å²) in [5, 5.41) is 4.76. The number of pyridine rings is 1. The van der Waals surface area contributed by atoms with Crippen molar-refractivity contribution in [1.82, 2.24) is 15.2 Å². The zero-order valence-corrected chi connectivity index (χ0v) is 16.0. The Labute approximate surface area is 162 Å². The van der Waals surface area contributed by atoms with Gasteiger partial charge >= 0.3 is 0 Å². The van der Waals surface area contributed by atoms with Gasteiger partial charge in [-0.1, -0.05) is 29.8 Å². The zero-order valence-electron chi connectivity index (χ0n) is 14.4. The number of nitrogens with zero attached hydrogens (tertiary/aromatic N) is 2. The molecule has 0 bridgehead atoms. The van der Waals surface area contributed by atoms with E-state index in [0.717, 1.165) is 33.4 Å². The molecule has 0 saturated carbocycles. The van der Waals surface area contributed by atoms with Crippen LogP contribution in [0.25, 0.3) is 11.3 Å². The number of benzene rings is 1. The Bertz CT molecular complexity index is 957. The topological polar surface area (TPSA) is 41.3 Å². The van der Waals surface area contributed by atoms with Crippen molar-refractivity contribution in [2.45, 2.75) is 19.0 Å². The number of rotatable bonds is 3. The van der Waals surface area contributed by atoms with Crippen molar-refractivity contribution in [3.8, 4) is 11.3 Å². The normalized spacial score (nSPS) is 19.7. The summed E-state index contributed by atoms with van der Waals surface area (Å²) in [5.41, 5.74) is 2.93. The molecule has 0 spiro atoms. The average Bonchev–Trinajstić information content (AvgIpc) is 3.24. The number of aromatic nitrogens is 1. The second kappa shape index (κ2) is 6.74. The number of nitrogens with one attached hydrogen (secondary N) is 1. The molecule has 2 atom stereocenters. The number of furan rings is 1. The maximum absolute atomic E-state index is 6.26. The summed E-state index contributed by atoms with van der Waals surface area (Å²) in [5.74, 6) is 1.62. The van der Waals surface area contributed by atoms with Crippen LogP contribution in [-0.2, 0) is 0 Å². The van der Waals surface area contributed by atoms with Crippen LogP contribution < -0.4 is 5.32 Å². The minimum absolute atomic E-state index is 0.0608. The molecule has 26 heavy (non-hydrogen) atoms. The molecular formula is C20H18ClN3OS. The largest absolute Gasteiger partial charge is 0.459 e. The molecule has 0 unspecified atom stereocenters. The number of aryl methyl sites for hydroxylation is 1. The van der Waals surface area contributed by atoms with Crippen LogP contribution in [0.4, 0.5) is 0 Å². The lowest BCUT2D eigenvalue weighted by Gasteiger charge is -2.21. The molecule has 4 rings (SSSR count). The van der Waals surface area contributed by atoms with E-state index in [1.165, 1.54) is 0 Å². The second-order valence-corrected chi connectivity index (χ2v) is 7.20. The Morgan fingerprint density at radius 3 is 2.77 bits per heavy atom. The summed E-state index contributed by atoms with van der Waals surface area (Å²) in [6, 6.07) is 15.7. The first-order chi connectivity index (χ1) is 12.5. The quantitative estimate of drug-likeness (QED) is 0.651. The van der Waals surface area contributed by atoms with Crippen LogP contribution in [-0.4, -0.2) is 22.0 Å². The Balaban J connectivity index is 1.70. The highest BCUT2D eigenvalue weighted by molar-refractivity contribution is 7.80. The van der Waals surface area contributed by atoms with Gasteiger partial charge < -0.3 is 14.6 Å². The molecule has 0 aliphatic carbocycles. The van der Waals surface area contributed by atoms with Crippen molar-refractivity contribution in [1.29, 1.82) is 0 Å². The minimum atomic E-state index is -0.0629. The number of hydrogen-bond donors (Lipinski definition) is 1. The smallest absolute Gasteiger partial charge is 0.170 e. The fraction of sp³-hybridized carbons (Fsp3) is 0.200. The number of halogens is 1. The maximum atomic E-state index is 6.26. The van der Waals surface area contributed by atoms with Crippen molar-refractivity contribution < 1.29 is 4.42 Å². The fourth-order valence-corrected chi connectivity index (χ4v) is 3.65. The van der Waals surface area contributed by atoms with E-state index in [-0.39, 0.29) is 12.1 Å². The first kappa shape index (κ1) is 17.1. The maximum Gasteiger partial charge on any atom is 0.170 e. The SMILES string of the molecule is Cc1ccc(-c2ccc([C@H]3[C@H](c4ccccn4)NC(=S)N3C)o2)cc1Cl. The molecule has 1 aromatic carbocycles. The van der Waals surface area contributed by atoms with Crippen molar-refractivity contribution in [3.63, 3.8) is 0 Å². The second-order valence-electron chi connectivity index (χ2n) is 6.40. The summed E-state index contributed by atoms with van der Waals surface area (Å²) < 4.78 is 6.19. The molecule has 132 valence electrons. The molecule has 1 aliphatic rings. The molecule has 1 aliphatic heterocycles. The van der Waals surface area contributed by atoms with Crippen LogP contribution >= 0.6 is 23.8 Å². The van der Waals surface area contributed by atoms with Crippen molar-refractivity contribution in [2.24, 2.45) is 0 Å². The lowest BCUT2D eigenvalue weighted by Crippen LogP contribution is -2.24. The Kier molecular flexibility index (Phi) is 4.42. The van der Waals surface area contributed by atoms with Gasteiger partial charge in [0.1, 0.15) is 17.6 Å². The summed E-state index contributed by atoms with van der Waals surface area (Å²) in [7, 11) is 1.97. The van der Waals surface area contributed by atoms with E-state index in [1.54, 1.807) is 6.20 Å². The van der Waals surface area contributed by atoms with E-state index in [1.807, 2.05) is 67.4 Å². The van der Waals surface area contributed by atoms with Gasteiger partial charge in [-0.05, 0) is 55.0 Å². The van der Waals surface area contributed by atoms with Gasteiger partial charge in [-0.25, -0.2) is 0 Å². The zero-order chi connectivity index (χ0) is 18.3. The molecule has 1 N–H and O–H groups in total. The Morgan fingerprint density at radius 2 is 2.04 bits per heavy atom. The van der Waals surface area contributed by atoms with E-state index >= 15 is 0 Å². The van der Waals surface area contributed by atoms with Crippen LogP contribution in [0.3, 0.4) is 0 Å². The van der Waals surface area contributed by atoms with Gasteiger partial charge in [0, 0.05) is 23.8 Å². The first-order valence-electron chi connectivity index (χ1n) is 8.35. The number of likely N-dealkylation sites (N-methyl/N-ethyl adjacent to an activating group) is 1. The lowest BCUT2D eigenvalue weighted by atomic mass is 10.0. The molecule has 2 aromatic heterocycles. The average molecular weight is 384 g/mol. The van der Waals surface area contributed by atoms with Crippen LogP contribution in [0.5, 0.6) is 0 Å². The van der Waals surface area contributed by atoms with Crippen molar-refractivity contribution in [2.75, 3.05) is 7.05 Å². The third-order valence-corrected chi connectivity index (χ3v) is 5.53. The number of thiocarbonyl (C=S) groups is 1. The predicted octanol–water partition coefficient (Wildman–Crippen LogP) is 4.91. The highest BCUT2D eigenvalue weighted by Crippen LogP contribution is 2.39. The molecule has 1 saturated heterocycles. The van der Waals surface area contributed by atoms with Crippen molar-refractivity contribution in [3.05, 3.63) is 76.8 Å². The van der Waals surface area contributed by atoms with E-state index in [2.05, 4.69) is 10.3 Å². The van der Waals surface area contributed by atoms with Gasteiger partial charge in [-0.2, -0.15) is 0 Å². The molecule has 0 amide bonds. The molecule has 0 radical (unpaired) electrons. The van der Waals surface area contributed by atoms with Gasteiger partial charge in [0.15, 0.2) is 5.11 Å². The molecule has 1 fully saturated rings. The molecule has 3 aromatic rings. The lowest BCUT2D eigenvalue weighted by molar-refractivity contribution is 0.310. The Hall–Kier alpha value is -2.37. The van der Waals surface area contributed by atoms with Crippen LogP contribution in [0.2, 0.25) is 5.02 Å². The molecule has 4 nitrogen and oxygen atoms in total. The van der Waals surface area contributed by atoms with E-state index < -0.39 is 0 Å². The highest BCUT2D eigenvalue weighted by atomic mass is 35.5. The predicted molar refractivity (Wildman–Crippen MR) is 107 cm³/mol. The molecular weight excluding hydrogens is 366 g/mol. The number of hydrogen-bond acceptors (Lipinski definition) is 3. The Morgan fingerprint density at radius 1 is 1.19 bits per heavy atom. The van der Waals surface area contributed by atoms with Gasteiger partial charge in [0.05, 0.1) is 11.7 Å². The van der Waals surface area contributed by atoms with Crippen molar-refractivity contribution >= 4 is 28.9 Å². The summed E-state index contributed by atoms with van der Waals surface area (Å²) in [6.45, 7) is 1.98. The third-order valence-electron chi connectivity index (χ3n) is 4.71. The first-order valence-corrected chi connectivity index (χ1v) is 9.14. The van der Waals surface area contributed by atoms with Gasteiger partial charge in [-0.15, -0.1) is 0 Å². The van der Waals surface area contributed by atoms with Gasteiger partial charge in [-0.3, -0.25) is 4.98 Å².